The first-order chi connectivity index (χ1) is 8.72. The molecule has 4 heteroatoms. The van der Waals surface area contributed by atoms with Gasteiger partial charge in [-0.3, -0.25) is 0 Å². The van der Waals surface area contributed by atoms with Gasteiger partial charge in [0.15, 0.2) is 0 Å². The predicted molar refractivity (Wildman–Crippen MR) is 76.0 cm³/mol. The third kappa shape index (κ3) is 2.76. The molecule has 0 amide bonds. The summed E-state index contributed by atoms with van der Waals surface area (Å²) in [5.41, 5.74) is 1.07. The molecule has 1 saturated carbocycles. The Balaban J connectivity index is 2.27. The molecule has 0 aliphatic heterocycles. The molecule has 1 aromatic heterocycles. The zero-order valence-corrected chi connectivity index (χ0v) is 12.5. The minimum atomic E-state index is -0.0889. The molecule has 1 aromatic rings. The van der Waals surface area contributed by atoms with Crippen LogP contribution in [0, 0.1) is 6.92 Å². The van der Waals surface area contributed by atoms with Crippen LogP contribution in [-0.2, 0) is 16.9 Å². The van der Waals surface area contributed by atoms with Crippen molar-refractivity contribution in [2.75, 3.05) is 13.7 Å². The number of ether oxygens (including phenoxy) is 1. The summed E-state index contributed by atoms with van der Waals surface area (Å²) in [5, 5.41) is 4.42. The van der Waals surface area contributed by atoms with Gasteiger partial charge in [0.05, 0.1) is 5.69 Å². The predicted octanol–water partition coefficient (Wildman–Crippen LogP) is 3.37. The molecule has 0 aromatic carbocycles. The van der Waals surface area contributed by atoms with E-state index in [2.05, 4.69) is 19.2 Å². The third-order valence-corrected chi connectivity index (χ3v) is 5.04. The van der Waals surface area contributed by atoms with Crippen LogP contribution < -0.4 is 5.32 Å². The van der Waals surface area contributed by atoms with Gasteiger partial charge in [-0.05, 0) is 33.7 Å². The average Bonchev–Trinajstić information content (AvgIpc) is 2.74. The Bertz CT molecular complexity index is 378. The lowest BCUT2D eigenvalue weighted by atomic mass is 9.85. The van der Waals surface area contributed by atoms with E-state index in [1.165, 1.54) is 29.1 Å². The largest absolute Gasteiger partial charge is 0.368 e. The lowest BCUT2D eigenvalue weighted by molar-refractivity contribution is -0.0705. The quantitative estimate of drug-likeness (QED) is 0.889. The van der Waals surface area contributed by atoms with E-state index in [4.69, 9.17) is 9.72 Å². The maximum atomic E-state index is 6.13. The van der Waals surface area contributed by atoms with Gasteiger partial charge in [0.2, 0.25) is 0 Å². The highest BCUT2D eigenvalue weighted by Gasteiger charge is 2.37. The van der Waals surface area contributed by atoms with Crippen LogP contribution in [-0.4, -0.2) is 18.6 Å². The number of nitrogens with one attached hydrogen (secondary N) is 1. The molecule has 1 aliphatic rings. The van der Waals surface area contributed by atoms with Gasteiger partial charge in [-0.15, -0.1) is 11.3 Å². The van der Waals surface area contributed by atoms with Crippen LogP contribution in [0.3, 0.4) is 0 Å². The molecule has 1 fully saturated rings. The number of thiazole rings is 1. The molecule has 1 aliphatic carbocycles. The molecule has 1 N–H and O–H groups in total. The standard InChI is InChI=1S/C14H24N2OS/c1-4-17-14(8-6-5-7-9-14)13-16-11(2)12(18-13)10-15-3/h15H,4-10H2,1-3H3. The molecule has 1 heterocycles. The minimum Gasteiger partial charge on any atom is -0.368 e. The van der Waals surface area contributed by atoms with Gasteiger partial charge in [0.1, 0.15) is 10.6 Å². The molecule has 102 valence electrons. The average molecular weight is 268 g/mol. The van der Waals surface area contributed by atoms with Crippen molar-refractivity contribution in [1.29, 1.82) is 0 Å². The number of aryl methyl sites for hydroxylation is 1. The Hall–Kier alpha value is -0.450. The van der Waals surface area contributed by atoms with E-state index in [1.54, 1.807) is 0 Å². The highest BCUT2D eigenvalue weighted by atomic mass is 32.1. The highest BCUT2D eigenvalue weighted by Crippen LogP contribution is 2.42. The Morgan fingerprint density at radius 2 is 2.06 bits per heavy atom. The summed E-state index contributed by atoms with van der Waals surface area (Å²) in [7, 11) is 1.98. The van der Waals surface area contributed by atoms with Crippen LogP contribution in [0.4, 0.5) is 0 Å². The van der Waals surface area contributed by atoms with Crippen molar-refractivity contribution < 1.29 is 4.74 Å². The third-order valence-electron chi connectivity index (χ3n) is 3.70. The molecule has 0 saturated heterocycles. The lowest BCUT2D eigenvalue weighted by Crippen LogP contribution is -2.32. The number of nitrogens with zero attached hydrogens (tertiary/aromatic N) is 1. The lowest BCUT2D eigenvalue weighted by Gasteiger charge is -2.35. The zero-order chi connectivity index (χ0) is 13.0. The van der Waals surface area contributed by atoms with Crippen LogP contribution in [0.25, 0.3) is 0 Å². The summed E-state index contributed by atoms with van der Waals surface area (Å²) in [6.45, 7) is 5.88. The molecule has 0 spiro atoms. The molecule has 2 rings (SSSR count). The van der Waals surface area contributed by atoms with Gasteiger partial charge in [0, 0.05) is 18.0 Å². The van der Waals surface area contributed by atoms with Gasteiger partial charge < -0.3 is 10.1 Å². The normalized spacial score (nSPS) is 19.1. The van der Waals surface area contributed by atoms with Crippen molar-refractivity contribution in [3.05, 3.63) is 15.6 Å². The van der Waals surface area contributed by atoms with Crippen LogP contribution in [0.1, 0.15) is 54.6 Å². The number of hydrogen-bond acceptors (Lipinski definition) is 4. The Labute approximate surface area is 114 Å². The second-order valence-corrected chi connectivity index (χ2v) is 6.13. The van der Waals surface area contributed by atoms with E-state index in [0.717, 1.165) is 31.7 Å². The molecular formula is C14H24N2OS. The van der Waals surface area contributed by atoms with Gasteiger partial charge in [-0.25, -0.2) is 4.98 Å². The maximum absolute atomic E-state index is 6.13. The van der Waals surface area contributed by atoms with E-state index in [9.17, 15) is 0 Å². The van der Waals surface area contributed by atoms with Crippen LogP contribution in [0.15, 0.2) is 0 Å². The molecule has 0 radical (unpaired) electrons. The number of rotatable bonds is 5. The second kappa shape index (κ2) is 6.13. The summed E-state index contributed by atoms with van der Waals surface area (Å²) in [4.78, 5) is 6.14. The first-order valence-electron chi connectivity index (χ1n) is 6.97. The number of aromatic nitrogens is 1. The SMILES string of the molecule is CCOC1(c2nc(C)c(CNC)s2)CCCCC1. The molecule has 0 unspecified atom stereocenters. The fourth-order valence-electron chi connectivity index (χ4n) is 2.77. The first-order valence-corrected chi connectivity index (χ1v) is 7.79. The monoisotopic (exact) mass is 268 g/mol. The summed E-state index contributed by atoms with van der Waals surface area (Å²) < 4.78 is 6.13. The first kappa shape index (κ1) is 14.0. The van der Waals surface area contributed by atoms with Crippen LogP contribution >= 0.6 is 11.3 Å². The topological polar surface area (TPSA) is 34.1 Å². The van der Waals surface area contributed by atoms with Crippen molar-refractivity contribution in [1.82, 2.24) is 10.3 Å². The zero-order valence-electron chi connectivity index (χ0n) is 11.7. The molecule has 0 bridgehead atoms. The van der Waals surface area contributed by atoms with Gasteiger partial charge in [-0.1, -0.05) is 19.3 Å². The molecule has 3 nitrogen and oxygen atoms in total. The van der Waals surface area contributed by atoms with Gasteiger partial charge in [-0.2, -0.15) is 0 Å². The van der Waals surface area contributed by atoms with Crippen LogP contribution in [0.2, 0.25) is 0 Å². The molecule has 0 atom stereocenters. The smallest absolute Gasteiger partial charge is 0.125 e. The summed E-state index contributed by atoms with van der Waals surface area (Å²) in [5.74, 6) is 0. The van der Waals surface area contributed by atoms with E-state index in [1.807, 2.05) is 18.4 Å². The van der Waals surface area contributed by atoms with Crippen molar-refractivity contribution in [3.63, 3.8) is 0 Å². The summed E-state index contributed by atoms with van der Waals surface area (Å²) >= 11 is 1.83. The van der Waals surface area contributed by atoms with Gasteiger partial charge >= 0.3 is 0 Å². The van der Waals surface area contributed by atoms with Crippen molar-refractivity contribution in [3.8, 4) is 0 Å². The van der Waals surface area contributed by atoms with E-state index in [0.29, 0.717) is 0 Å². The Morgan fingerprint density at radius 1 is 1.33 bits per heavy atom. The van der Waals surface area contributed by atoms with Crippen molar-refractivity contribution >= 4 is 11.3 Å². The summed E-state index contributed by atoms with van der Waals surface area (Å²) in [6, 6.07) is 0. The summed E-state index contributed by atoms with van der Waals surface area (Å²) in [6.07, 6.45) is 6.13. The van der Waals surface area contributed by atoms with E-state index < -0.39 is 0 Å². The van der Waals surface area contributed by atoms with E-state index >= 15 is 0 Å². The van der Waals surface area contributed by atoms with Gasteiger partial charge in [0.25, 0.3) is 0 Å². The maximum Gasteiger partial charge on any atom is 0.125 e. The molecular weight excluding hydrogens is 244 g/mol. The van der Waals surface area contributed by atoms with E-state index in [-0.39, 0.29) is 5.60 Å². The Morgan fingerprint density at radius 3 is 2.67 bits per heavy atom. The number of hydrogen-bond donors (Lipinski definition) is 1. The Kier molecular flexibility index (Phi) is 4.76. The van der Waals surface area contributed by atoms with Crippen molar-refractivity contribution in [2.45, 2.75) is 58.1 Å². The van der Waals surface area contributed by atoms with Crippen LogP contribution in [0.5, 0.6) is 0 Å². The van der Waals surface area contributed by atoms with Crippen molar-refractivity contribution in [2.24, 2.45) is 0 Å². The molecule has 18 heavy (non-hydrogen) atoms. The highest BCUT2D eigenvalue weighted by molar-refractivity contribution is 7.11. The second-order valence-electron chi connectivity index (χ2n) is 5.05. The minimum absolute atomic E-state index is 0.0889. The fraction of sp³-hybridized carbons (Fsp3) is 0.786. The fourth-order valence-corrected chi connectivity index (χ4v) is 4.04.